The van der Waals surface area contributed by atoms with Gasteiger partial charge in [-0.05, 0) is 42.5 Å². The third-order valence-electron chi connectivity index (χ3n) is 3.48. The van der Waals surface area contributed by atoms with Crippen molar-refractivity contribution < 1.29 is 22.7 Å². The summed E-state index contributed by atoms with van der Waals surface area (Å²) in [5.41, 5.74) is 1.42. The van der Waals surface area contributed by atoms with Crippen LogP contribution in [0.25, 0.3) is 0 Å². The molecule has 0 aliphatic heterocycles. The van der Waals surface area contributed by atoms with Crippen LogP contribution in [0.5, 0.6) is 0 Å². The Morgan fingerprint density at radius 1 is 1.11 bits per heavy atom. The summed E-state index contributed by atoms with van der Waals surface area (Å²) >= 11 is 5.95. The first kappa shape index (κ1) is 20.5. The number of halogens is 1. The molecule has 2 rings (SSSR count). The number of anilines is 3. The van der Waals surface area contributed by atoms with Gasteiger partial charge in [0.05, 0.1) is 24.1 Å². The molecular weight excluding hydrogens is 394 g/mol. The number of sulfonamides is 1. The summed E-state index contributed by atoms with van der Waals surface area (Å²) in [5.74, 6) is -0.447. The molecule has 10 heteroatoms. The van der Waals surface area contributed by atoms with Gasteiger partial charge in [0.2, 0.25) is 10.0 Å². The molecule has 0 fully saturated rings. The number of hydrogen-bond acceptors (Lipinski definition) is 5. The maximum absolute atomic E-state index is 12.4. The number of ether oxygens (including phenoxy) is 1. The van der Waals surface area contributed by atoms with Gasteiger partial charge in [0.1, 0.15) is 0 Å². The maximum Gasteiger partial charge on any atom is 0.413 e. The van der Waals surface area contributed by atoms with Crippen LogP contribution in [0, 0.1) is 0 Å². The average molecular weight is 412 g/mol. The van der Waals surface area contributed by atoms with Crippen LogP contribution >= 0.6 is 11.6 Å². The number of benzene rings is 2. The molecule has 0 heterocycles. The predicted octanol–water partition coefficient (Wildman–Crippen LogP) is 3.17. The van der Waals surface area contributed by atoms with Crippen molar-refractivity contribution in [1.29, 1.82) is 0 Å². The number of nitrogens with zero attached hydrogens (tertiary/aromatic N) is 1. The average Bonchev–Trinajstić information content (AvgIpc) is 2.61. The zero-order chi connectivity index (χ0) is 20.2. The van der Waals surface area contributed by atoms with Gasteiger partial charge in [0.15, 0.2) is 0 Å². The van der Waals surface area contributed by atoms with Gasteiger partial charge in [-0.3, -0.25) is 14.4 Å². The molecule has 8 nitrogen and oxygen atoms in total. The first-order valence-electron chi connectivity index (χ1n) is 7.61. The fourth-order valence-corrected chi connectivity index (χ4v) is 2.95. The molecule has 2 amide bonds. The van der Waals surface area contributed by atoms with Gasteiger partial charge in [-0.25, -0.2) is 13.2 Å². The van der Waals surface area contributed by atoms with E-state index in [4.69, 9.17) is 11.6 Å². The zero-order valence-electron chi connectivity index (χ0n) is 14.8. The minimum Gasteiger partial charge on any atom is -0.452 e. The second kappa shape index (κ2) is 8.28. The summed E-state index contributed by atoms with van der Waals surface area (Å²) in [7, 11) is -0.689. The minimum atomic E-state index is -3.53. The van der Waals surface area contributed by atoms with Gasteiger partial charge in [-0.1, -0.05) is 11.6 Å². The van der Waals surface area contributed by atoms with Crippen molar-refractivity contribution in [2.45, 2.75) is 0 Å². The highest BCUT2D eigenvalue weighted by Crippen LogP contribution is 2.25. The van der Waals surface area contributed by atoms with E-state index in [2.05, 4.69) is 14.8 Å². The van der Waals surface area contributed by atoms with Gasteiger partial charge in [0, 0.05) is 24.0 Å². The number of hydrogen-bond donors (Lipinski definition) is 2. The molecule has 0 aliphatic carbocycles. The smallest absolute Gasteiger partial charge is 0.413 e. The fraction of sp³-hybridized carbons (Fsp3) is 0.176. The van der Waals surface area contributed by atoms with E-state index in [1.165, 1.54) is 30.2 Å². The number of methoxy groups -OCH3 is 1. The SMILES string of the molecule is COC(=O)N(C)c1ccc(NC(=O)c2ccc(Cl)c(NS(C)(=O)=O)c2)cc1. The lowest BCUT2D eigenvalue weighted by Gasteiger charge is -2.16. The van der Waals surface area contributed by atoms with Crippen LogP contribution in [-0.4, -0.2) is 40.8 Å². The standard InChI is InChI=1S/C17H18ClN3O5S/c1-21(17(23)26-2)13-7-5-12(6-8-13)19-16(22)11-4-9-14(18)15(10-11)20-27(3,24)25/h4-10,20H,1-3H3,(H,19,22). The van der Waals surface area contributed by atoms with Crippen molar-refractivity contribution in [3.63, 3.8) is 0 Å². The summed E-state index contributed by atoms with van der Waals surface area (Å²) in [4.78, 5) is 25.2. The monoisotopic (exact) mass is 411 g/mol. The Hall–Kier alpha value is -2.78. The zero-order valence-corrected chi connectivity index (χ0v) is 16.4. The van der Waals surface area contributed by atoms with Crippen LogP contribution in [0.15, 0.2) is 42.5 Å². The quantitative estimate of drug-likeness (QED) is 0.786. The summed E-state index contributed by atoms with van der Waals surface area (Å²) in [6, 6.07) is 10.8. The van der Waals surface area contributed by atoms with Crippen molar-refractivity contribution in [2.75, 3.05) is 35.4 Å². The van der Waals surface area contributed by atoms with Crippen molar-refractivity contribution in [2.24, 2.45) is 0 Å². The van der Waals surface area contributed by atoms with Crippen LogP contribution in [-0.2, 0) is 14.8 Å². The van der Waals surface area contributed by atoms with E-state index in [1.54, 1.807) is 31.3 Å². The van der Waals surface area contributed by atoms with Gasteiger partial charge in [-0.15, -0.1) is 0 Å². The van der Waals surface area contributed by atoms with Crippen LogP contribution in [0.2, 0.25) is 5.02 Å². The summed E-state index contributed by atoms with van der Waals surface area (Å²) in [5, 5.41) is 2.86. The predicted molar refractivity (Wildman–Crippen MR) is 105 cm³/mol. The minimum absolute atomic E-state index is 0.113. The van der Waals surface area contributed by atoms with Crippen LogP contribution < -0.4 is 14.9 Å². The number of carbonyl (C=O) groups is 2. The van der Waals surface area contributed by atoms with E-state index in [-0.39, 0.29) is 16.3 Å². The first-order chi connectivity index (χ1) is 12.6. The van der Waals surface area contributed by atoms with Crippen molar-refractivity contribution in [3.8, 4) is 0 Å². The van der Waals surface area contributed by atoms with Gasteiger partial charge < -0.3 is 10.1 Å². The molecule has 144 valence electrons. The van der Waals surface area contributed by atoms with Crippen molar-refractivity contribution in [1.82, 2.24) is 0 Å². The molecule has 0 unspecified atom stereocenters. The third kappa shape index (κ3) is 5.60. The Kier molecular flexibility index (Phi) is 6.29. The maximum atomic E-state index is 12.4. The Bertz CT molecular complexity index is 961. The highest BCUT2D eigenvalue weighted by Gasteiger charge is 2.13. The molecule has 27 heavy (non-hydrogen) atoms. The molecular formula is C17H18ClN3O5S. The molecule has 0 atom stereocenters. The third-order valence-corrected chi connectivity index (χ3v) is 4.41. The van der Waals surface area contributed by atoms with Crippen molar-refractivity contribution >= 4 is 50.7 Å². The fourth-order valence-electron chi connectivity index (χ4n) is 2.16. The van der Waals surface area contributed by atoms with E-state index in [9.17, 15) is 18.0 Å². The summed E-state index contributed by atoms with van der Waals surface area (Å²) in [6.45, 7) is 0. The lowest BCUT2D eigenvalue weighted by atomic mass is 10.2. The highest BCUT2D eigenvalue weighted by molar-refractivity contribution is 7.92. The molecule has 0 saturated heterocycles. The van der Waals surface area contributed by atoms with Crippen LogP contribution in [0.4, 0.5) is 21.9 Å². The molecule has 2 aromatic rings. The van der Waals surface area contributed by atoms with Gasteiger partial charge in [-0.2, -0.15) is 0 Å². The molecule has 0 radical (unpaired) electrons. The lowest BCUT2D eigenvalue weighted by Crippen LogP contribution is -2.25. The topological polar surface area (TPSA) is 105 Å². The number of carbonyl (C=O) groups excluding carboxylic acids is 2. The summed E-state index contributed by atoms with van der Waals surface area (Å²) in [6.07, 6.45) is 0.474. The Balaban J connectivity index is 2.15. The normalized spacial score (nSPS) is 10.8. The van der Waals surface area contributed by atoms with Gasteiger partial charge in [0.25, 0.3) is 5.91 Å². The Labute approximate surface area is 162 Å². The summed E-state index contributed by atoms with van der Waals surface area (Å²) < 4.78 is 29.6. The molecule has 0 spiro atoms. The molecule has 0 saturated carbocycles. The lowest BCUT2D eigenvalue weighted by molar-refractivity contribution is 0.102. The first-order valence-corrected chi connectivity index (χ1v) is 9.88. The molecule has 0 aromatic heterocycles. The largest absolute Gasteiger partial charge is 0.452 e. The molecule has 2 N–H and O–H groups in total. The molecule has 2 aromatic carbocycles. The van der Waals surface area contributed by atoms with E-state index in [0.717, 1.165) is 6.26 Å². The van der Waals surface area contributed by atoms with Crippen LogP contribution in [0.3, 0.4) is 0 Å². The second-order valence-electron chi connectivity index (χ2n) is 5.60. The second-order valence-corrected chi connectivity index (χ2v) is 7.75. The van der Waals surface area contributed by atoms with Crippen molar-refractivity contribution in [3.05, 3.63) is 53.1 Å². The number of amides is 2. The Morgan fingerprint density at radius 3 is 2.30 bits per heavy atom. The molecule has 0 bridgehead atoms. The van der Waals surface area contributed by atoms with E-state index in [0.29, 0.717) is 11.4 Å². The van der Waals surface area contributed by atoms with Gasteiger partial charge >= 0.3 is 6.09 Å². The number of nitrogens with one attached hydrogen (secondary N) is 2. The van der Waals surface area contributed by atoms with E-state index < -0.39 is 22.0 Å². The number of rotatable bonds is 5. The molecule has 0 aliphatic rings. The Morgan fingerprint density at radius 2 is 1.74 bits per heavy atom. The highest BCUT2D eigenvalue weighted by atomic mass is 35.5. The van der Waals surface area contributed by atoms with E-state index in [1.807, 2.05) is 0 Å². The van der Waals surface area contributed by atoms with Crippen LogP contribution in [0.1, 0.15) is 10.4 Å². The van der Waals surface area contributed by atoms with E-state index >= 15 is 0 Å².